The fourth-order valence-electron chi connectivity index (χ4n) is 3.49. The third-order valence-corrected chi connectivity index (χ3v) is 5.01. The fraction of sp³-hybridized carbons (Fsp3) is 0.556. The first-order valence-corrected chi connectivity index (χ1v) is 9.49. The molecule has 2 aliphatic rings. The van der Waals surface area contributed by atoms with Crippen molar-refractivity contribution in [1.82, 2.24) is 19.9 Å². The molecule has 0 radical (unpaired) electrons. The zero-order valence-electron chi connectivity index (χ0n) is 16.1. The van der Waals surface area contributed by atoms with Gasteiger partial charge < -0.3 is 25.0 Å². The molecule has 0 saturated carbocycles. The van der Waals surface area contributed by atoms with Crippen molar-refractivity contribution >= 4 is 17.7 Å². The second-order valence-corrected chi connectivity index (χ2v) is 6.96. The first-order valence-electron chi connectivity index (χ1n) is 9.49. The van der Waals surface area contributed by atoms with Gasteiger partial charge in [0.25, 0.3) is 6.43 Å². The van der Waals surface area contributed by atoms with Crippen molar-refractivity contribution in [3.8, 4) is 11.3 Å². The molecule has 1 atom stereocenters. The van der Waals surface area contributed by atoms with Crippen LogP contribution in [-0.4, -0.2) is 72.0 Å². The maximum Gasteiger partial charge on any atom is 0.269 e. The van der Waals surface area contributed by atoms with Gasteiger partial charge in [-0.15, -0.1) is 0 Å². The minimum absolute atomic E-state index is 0.0665. The van der Waals surface area contributed by atoms with E-state index in [4.69, 9.17) is 15.2 Å². The minimum Gasteiger partial charge on any atom is -0.378 e. The normalized spacial score (nSPS) is 20.3. The molecule has 0 aromatic carbocycles. The summed E-state index contributed by atoms with van der Waals surface area (Å²) in [5.74, 6) is 0.675. The summed E-state index contributed by atoms with van der Waals surface area (Å²) >= 11 is 0. The topological polar surface area (TPSA) is 103 Å². The Morgan fingerprint density at radius 3 is 2.41 bits per heavy atom. The molecule has 0 bridgehead atoms. The molecule has 2 aromatic rings. The molecule has 2 N–H and O–H groups in total. The molecule has 2 aliphatic heterocycles. The van der Waals surface area contributed by atoms with Crippen LogP contribution in [-0.2, 0) is 9.47 Å². The Bertz CT molecular complexity index is 847. The average Bonchev–Trinajstić information content (AvgIpc) is 2.74. The molecular formula is C18H23F2N7O2. The second kappa shape index (κ2) is 8.37. The molecule has 29 heavy (non-hydrogen) atoms. The van der Waals surface area contributed by atoms with Gasteiger partial charge in [0.1, 0.15) is 5.82 Å². The third-order valence-electron chi connectivity index (χ3n) is 5.01. The Morgan fingerprint density at radius 1 is 1.07 bits per heavy atom. The summed E-state index contributed by atoms with van der Waals surface area (Å²) in [5, 5.41) is 0. The predicted molar refractivity (Wildman–Crippen MR) is 103 cm³/mol. The van der Waals surface area contributed by atoms with Crippen molar-refractivity contribution in [2.24, 2.45) is 0 Å². The lowest BCUT2D eigenvalue weighted by Crippen LogP contribution is -2.45. The summed E-state index contributed by atoms with van der Waals surface area (Å²) in [6, 6.07) is -0.0933. The van der Waals surface area contributed by atoms with Gasteiger partial charge in [0.2, 0.25) is 11.9 Å². The van der Waals surface area contributed by atoms with E-state index in [9.17, 15) is 8.78 Å². The van der Waals surface area contributed by atoms with Crippen LogP contribution < -0.4 is 15.5 Å². The van der Waals surface area contributed by atoms with Crippen molar-refractivity contribution in [3.05, 3.63) is 18.0 Å². The number of alkyl halides is 2. The molecule has 0 spiro atoms. The van der Waals surface area contributed by atoms with Gasteiger partial charge in [0.15, 0.2) is 0 Å². The number of rotatable bonds is 4. The maximum absolute atomic E-state index is 14.3. The van der Waals surface area contributed by atoms with E-state index < -0.39 is 6.43 Å². The number of nitrogen functional groups attached to an aromatic ring is 1. The number of nitrogens with zero attached hydrogens (tertiary/aromatic N) is 6. The van der Waals surface area contributed by atoms with Crippen LogP contribution in [0.4, 0.5) is 26.5 Å². The highest BCUT2D eigenvalue weighted by Gasteiger charge is 2.31. The third kappa shape index (κ3) is 4.06. The number of halogens is 2. The van der Waals surface area contributed by atoms with E-state index in [1.807, 2.05) is 16.7 Å². The lowest BCUT2D eigenvalue weighted by molar-refractivity contribution is 0.0973. The fourth-order valence-corrected chi connectivity index (χ4v) is 3.49. The van der Waals surface area contributed by atoms with Crippen molar-refractivity contribution in [2.45, 2.75) is 19.4 Å². The van der Waals surface area contributed by atoms with Crippen LogP contribution in [0.15, 0.2) is 12.4 Å². The van der Waals surface area contributed by atoms with E-state index in [-0.39, 0.29) is 29.1 Å². The van der Waals surface area contributed by atoms with Gasteiger partial charge in [0.05, 0.1) is 43.7 Å². The lowest BCUT2D eigenvalue weighted by Gasteiger charge is -2.36. The molecule has 11 heteroatoms. The summed E-state index contributed by atoms with van der Waals surface area (Å²) in [6.07, 6.45) is 0.0459. The monoisotopic (exact) mass is 407 g/mol. The average molecular weight is 407 g/mol. The van der Waals surface area contributed by atoms with E-state index in [1.54, 1.807) is 0 Å². The highest BCUT2D eigenvalue weighted by molar-refractivity contribution is 5.71. The van der Waals surface area contributed by atoms with Crippen molar-refractivity contribution in [2.75, 3.05) is 61.6 Å². The van der Waals surface area contributed by atoms with Crippen LogP contribution in [0.5, 0.6) is 0 Å². The molecule has 0 aliphatic carbocycles. The van der Waals surface area contributed by atoms with Gasteiger partial charge in [-0.05, 0) is 6.92 Å². The molecule has 9 nitrogen and oxygen atoms in total. The number of ether oxygens (including phenoxy) is 2. The number of hydrogen-bond donors (Lipinski definition) is 1. The number of anilines is 3. The van der Waals surface area contributed by atoms with E-state index in [2.05, 4.69) is 19.9 Å². The smallest absolute Gasteiger partial charge is 0.269 e. The van der Waals surface area contributed by atoms with Crippen LogP contribution in [0.1, 0.15) is 18.9 Å². The zero-order chi connectivity index (χ0) is 20.4. The van der Waals surface area contributed by atoms with Crippen LogP contribution >= 0.6 is 0 Å². The Labute approximate surface area is 166 Å². The van der Waals surface area contributed by atoms with Gasteiger partial charge in [-0.25, -0.2) is 23.7 Å². The summed E-state index contributed by atoms with van der Waals surface area (Å²) in [7, 11) is 0. The van der Waals surface area contributed by atoms with Gasteiger partial charge in [-0.3, -0.25) is 0 Å². The van der Waals surface area contributed by atoms with Crippen LogP contribution in [0.3, 0.4) is 0 Å². The molecular weight excluding hydrogens is 384 g/mol. The van der Waals surface area contributed by atoms with Gasteiger partial charge in [-0.1, -0.05) is 0 Å². The van der Waals surface area contributed by atoms with E-state index in [0.717, 1.165) is 0 Å². The lowest BCUT2D eigenvalue weighted by atomic mass is 10.1. The summed E-state index contributed by atoms with van der Waals surface area (Å²) in [5.41, 5.74) is 5.82. The maximum atomic E-state index is 14.3. The van der Waals surface area contributed by atoms with Crippen LogP contribution in [0.25, 0.3) is 11.3 Å². The SMILES string of the molecule is CC1COCCN1c1nc(N2CCOCC2)nc(-c2cnc(N)nc2)c1C(F)F. The van der Waals surface area contributed by atoms with E-state index in [1.165, 1.54) is 12.4 Å². The van der Waals surface area contributed by atoms with Crippen molar-refractivity contribution in [1.29, 1.82) is 0 Å². The molecule has 1 unspecified atom stereocenters. The molecule has 4 rings (SSSR count). The summed E-state index contributed by atoms with van der Waals surface area (Å²) in [4.78, 5) is 20.8. The molecule has 4 heterocycles. The second-order valence-electron chi connectivity index (χ2n) is 6.96. The van der Waals surface area contributed by atoms with E-state index >= 15 is 0 Å². The standard InChI is InChI=1S/C18H23F2N7O2/c1-11-10-29-7-4-27(11)16-13(15(19)20)14(12-8-22-17(21)23-9-12)24-18(25-16)26-2-5-28-6-3-26/h8-9,11,15H,2-7,10H2,1H3,(H2,21,22,23). The Kier molecular flexibility index (Phi) is 5.67. The number of hydrogen-bond acceptors (Lipinski definition) is 9. The van der Waals surface area contributed by atoms with Crippen LogP contribution in [0.2, 0.25) is 0 Å². The predicted octanol–water partition coefficient (Wildman–Crippen LogP) is 1.52. The highest BCUT2D eigenvalue weighted by Crippen LogP contribution is 2.38. The quantitative estimate of drug-likeness (QED) is 0.808. The molecule has 2 fully saturated rings. The number of morpholine rings is 2. The summed E-state index contributed by atoms with van der Waals surface area (Å²) < 4.78 is 39.4. The molecule has 0 amide bonds. The van der Waals surface area contributed by atoms with Crippen LogP contribution in [0, 0.1) is 0 Å². The Balaban J connectivity index is 1.89. The Morgan fingerprint density at radius 2 is 1.76 bits per heavy atom. The highest BCUT2D eigenvalue weighted by atomic mass is 19.3. The number of aromatic nitrogens is 4. The van der Waals surface area contributed by atoms with Gasteiger partial charge >= 0.3 is 0 Å². The number of nitrogens with two attached hydrogens (primary N) is 1. The molecule has 2 saturated heterocycles. The van der Waals surface area contributed by atoms with E-state index in [0.29, 0.717) is 57.6 Å². The van der Waals surface area contributed by atoms with Gasteiger partial charge in [0, 0.05) is 37.6 Å². The first kappa shape index (κ1) is 19.6. The first-order chi connectivity index (χ1) is 14.0. The van der Waals surface area contributed by atoms with Crippen molar-refractivity contribution < 1.29 is 18.3 Å². The zero-order valence-corrected chi connectivity index (χ0v) is 16.1. The summed E-state index contributed by atoms with van der Waals surface area (Å²) in [6.45, 7) is 5.53. The Hall–Kier alpha value is -2.66. The molecule has 2 aromatic heterocycles. The largest absolute Gasteiger partial charge is 0.378 e. The minimum atomic E-state index is -2.77. The van der Waals surface area contributed by atoms with Gasteiger partial charge in [-0.2, -0.15) is 4.98 Å². The van der Waals surface area contributed by atoms with Crippen molar-refractivity contribution in [3.63, 3.8) is 0 Å². The molecule has 156 valence electrons.